The molecule has 0 amide bonds. The third-order valence-electron chi connectivity index (χ3n) is 1.14. The van der Waals surface area contributed by atoms with E-state index in [0.717, 1.165) is 11.3 Å². The summed E-state index contributed by atoms with van der Waals surface area (Å²) in [5, 5.41) is 3.43. The van der Waals surface area contributed by atoms with Crippen LogP contribution in [0.2, 0.25) is 0 Å². The van der Waals surface area contributed by atoms with Crippen molar-refractivity contribution >= 4 is 33.3 Å². The minimum Gasteiger partial charge on any atom is -0.375 e. The van der Waals surface area contributed by atoms with Crippen LogP contribution in [-0.2, 0) is 4.79 Å². The highest BCUT2D eigenvalue weighted by atomic mass is 35.5. The van der Waals surface area contributed by atoms with Crippen molar-refractivity contribution in [2.75, 3.05) is 5.73 Å². The van der Waals surface area contributed by atoms with Gasteiger partial charge in [0.25, 0.3) is 5.24 Å². The van der Waals surface area contributed by atoms with Crippen LogP contribution in [0.4, 0.5) is 5.13 Å². The third kappa shape index (κ3) is 1.77. The summed E-state index contributed by atoms with van der Waals surface area (Å²) in [6.07, 6.45) is 0. The Morgan fingerprint density at radius 3 is 2.83 bits per heavy atom. The quantitative estimate of drug-likeness (QED) is 0.595. The van der Waals surface area contributed by atoms with E-state index in [1.165, 1.54) is 5.38 Å². The summed E-state index contributed by atoms with van der Waals surface area (Å²) >= 11 is 6.20. The fourth-order valence-corrected chi connectivity index (χ4v) is 1.37. The first-order valence-corrected chi connectivity index (χ1v) is 4.13. The molecule has 0 aliphatic heterocycles. The zero-order valence-electron chi connectivity index (χ0n) is 5.73. The van der Waals surface area contributed by atoms with Gasteiger partial charge in [0.05, 0.1) is 5.69 Å². The van der Waals surface area contributed by atoms with Crippen LogP contribution < -0.4 is 5.73 Å². The lowest BCUT2D eigenvalue weighted by Crippen LogP contribution is -2.03. The molecule has 0 aliphatic carbocycles. The number of nitrogens with two attached hydrogens (primary N) is 1. The van der Waals surface area contributed by atoms with Crippen molar-refractivity contribution in [3.63, 3.8) is 0 Å². The van der Waals surface area contributed by atoms with Crippen molar-refractivity contribution in [3.8, 4) is 0 Å². The molecule has 12 heavy (non-hydrogen) atoms. The van der Waals surface area contributed by atoms with Crippen molar-refractivity contribution in [1.82, 2.24) is 4.98 Å². The minimum atomic E-state index is -1.24. The number of thiazole rings is 1. The predicted octanol–water partition coefficient (Wildman–Crippen LogP) is 1.30. The van der Waals surface area contributed by atoms with Crippen molar-refractivity contribution < 1.29 is 4.79 Å². The first kappa shape index (κ1) is 9.08. The van der Waals surface area contributed by atoms with Gasteiger partial charge < -0.3 is 5.73 Å². The molecule has 1 unspecified atom stereocenters. The van der Waals surface area contributed by atoms with E-state index < -0.39 is 11.3 Å². The van der Waals surface area contributed by atoms with E-state index in [4.69, 9.17) is 17.3 Å². The molecule has 0 aliphatic rings. The van der Waals surface area contributed by atoms with E-state index in [-0.39, 0.29) is 10.8 Å². The third-order valence-corrected chi connectivity index (χ3v) is 2.04. The minimum absolute atomic E-state index is 0.201. The molecule has 7 heteroatoms. The Bertz CT molecular complexity index is 313. The van der Waals surface area contributed by atoms with Crippen molar-refractivity contribution in [2.45, 2.75) is 6.04 Å². The van der Waals surface area contributed by atoms with Gasteiger partial charge in [-0.05, 0) is 11.6 Å². The number of aromatic nitrogens is 1. The van der Waals surface area contributed by atoms with Crippen LogP contribution in [0.3, 0.4) is 0 Å². The van der Waals surface area contributed by atoms with Crippen molar-refractivity contribution in [2.24, 2.45) is 5.18 Å². The lowest BCUT2D eigenvalue weighted by atomic mass is 10.3. The van der Waals surface area contributed by atoms with Gasteiger partial charge in [-0.1, -0.05) is 5.18 Å². The first-order chi connectivity index (χ1) is 5.65. The van der Waals surface area contributed by atoms with Crippen LogP contribution in [0.5, 0.6) is 0 Å². The van der Waals surface area contributed by atoms with Gasteiger partial charge in [-0.15, -0.1) is 16.2 Å². The molecular weight excluding hydrogens is 202 g/mol. The molecule has 0 bridgehead atoms. The molecule has 1 rings (SSSR count). The highest BCUT2D eigenvalue weighted by Crippen LogP contribution is 2.22. The van der Waals surface area contributed by atoms with Gasteiger partial charge in [0.1, 0.15) is 0 Å². The number of carbonyl (C=O) groups is 1. The van der Waals surface area contributed by atoms with Gasteiger partial charge in [0, 0.05) is 5.38 Å². The molecule has 1 atom stereocenters. The second-order valence-corrected chi connectivity index (χ2v) is 3.18. The summed E-state index contributed by atoms with van der Waals surface area (Å²) in [6.45, 7) is 0. The maximum atomic E-state index is 10.6. The number of nitrogens with zero attached hydrogens (tertiary/aromatic N) is 2. The molecular formula is C5H4ClN3O2S. The second-order valence-electron chi connectivity index (χ2n) is 1.92. The molecule has 5 nitrogen and oxygen atoms in total. The van der Waals surface area contributed by atoms with Crippen molar-refractivity contribution in [3.05, 3.63) is 16.0 Å². The molecule has 64 valence electrons. The standard InChI is InChI=1S/C5H4ClN3O2S/c6-4(10)3(9-11)2-1-12-5(7)8-2/h1,3H,(H2,7,8). The smallest absolute Gasteiger partial charge is 0.256 e. The molecule has 2 N–H and O–H groups in total. The van der Waals surface area contributed by atoms with E-state index in [1.807, 2.05) is 0 Å². The number of hydrogen-bond acceptors (Lipinski definition) is 6. The lowest BCUT2D eigenvalue weighted by molar-refractivity contribution is -0.112. The summed E-state index contributed by atoms with van der Waals surface area (Å²) in [6, 6.07) is -1.24. The summed E-state index contributed by atoms with van der Waals surface area (Å²) in [4.78, 5) is 24.4. The fourth-order valence-electron chi connectivity index (χ4n) is 0.638. The summed E-state index contributed by atoms with van der Waals surface area (Å²) in [5.41, 5.74) is 5.48. The average Bonchev–Trinajstić information content (AvgIpc) is 2.37. The normalized spacial score (nSPS) is 12.4. The highest BCUT2D eigenvalue weighted by molar-refractivity contribution is 7.13. The van der Waals surface area contributed by atoms with Gasteiger partial charge in [-0.3, -0.25) is 4.79 Å². The first-order valence-electron chi connectivity index (χ1n) is 2.88. The largest absolute Gasteiger partial charge is 0.375 e. The van der Waals surface area contributed by atoms with Gasteiger partial charge >= 0.3 is 0 Å². The van der Waals surface area contributed by atoms with Crippen LogP contribution >= 0.6 is 22.9 Å². The molecule has 1 aromatic heterocycles. The Hall–Kier alpha value is -1.01. The topological polar surface area (TPSA) is 85.4 Å². The Morgan fingerprint density at radius 1 is 1.83 bits per heavy atom. The fraction of sp³-hybridized carbons (Fsp3) is 0.200. The number of rotatable bonds is 3. The second kappa shape index (κ2) is 3.59. The van der Waals surface area contributed by atoms with E-state index in [2.05, 4.69) is 10.2 Å². The monoisotopic (exact) mass is 205 g/mol. The molecule has 1 heterocycles. The summed E-state index contributed by atoms with van der Waals surface area (Å²) in [5.74, 6) is 0. The molecule has 0 spiro atoms. The number of nitroso groups, excluding NO2 is 1. The van der Waals surface area contributed by atoms with E-state index >= 15 is 0 Å². The maximum absolute atomic E-state index is 10.6. The van der Waals surface area contributed by atoms with Crippen LogP contribution in [0.25, 0.3) is 0 Å². The molecule has 1 aromatic rings. The van der Waals surface area contributed by atoms with Crippen LogP contribution in [0.15, 0.2) is 10.6 Å². The molecule has 0 saturated carbocycles. The molecule has 0 aromatic carbocycles. The Labute approximate surface area is 76.5 Å². The summed E-state index contributed by atoms with van der Waals surface area (Å²) in [7, 11) is 0. The Morgan fingerprint density at radius 2 is 2.50 bits per heavy atom. The Balaban J connectivity index is 2.94. The van der Waals surface area contributed by atoms with Crippen LogP contribution in [0.1, 0.15) is 11.7 Å². The molecule has 0 fully saturated rings. The van der Waals surface area contributed by atoms with E-state index in [1.54, 1.807) is 0 Å². The molecule has 0 saturated heterocycles. The number of halogens is 1. The van der Waals surface area contributed by atoms with Gasteiger partial charge in [-0.2, -0.15) is 0 Å². The zero-order chi connectivity index (χ0) is 9.14. The number of hydrogen-bond donors (Lipinski definition) is 1. The van der Waals surface area contributed by atoms with Crippen LogP contribution in [0, 0.1) is 4.91 Å². The maximum Gasteiger partial charge on any atom is 0.256 e. The van der Waals surface area contributed by atoms with Gasteiger partial charge in [0.15, 0.2) is 5.13 Å². The number of nitrogen functional groups attached to an aromatic ring is 1. The van der Waals surface area contributed by atoms with Gasteiger partial charge in [0.2, 0.25) is 6.04 Å². The van der Waals surface area contributed by atoms with E-state index in [0.29, 0.717) is 0 Å². The Kier molecular flexibility index (Phi) is 2.72. The zero-order valence-corrected chi connectivity index (χ0v) is 7.30. The van der Waals surface area contributed by atoms with E-state index in [9.17, 15) is 9.70 Å². The average molecular weight is 206 g/mol. The highest BCUT2D eigenvalue weighted by Gasteiger charge is 2.21. The summed E-state index contributed by atoms with van der Waals surface area (Å²) < 4.78 is 0. The number of carbonyl (C=O) groups excluding carboxylic acids is 1. The number of anilines is 1. The molecule has 0 radical (unpaired) electrons. The SMILES string of the molecule is Nc1nc(C(N=O)C(=O)Cl)cs1. The van der Waals surface area contributed by atoms with Gasteiger partial charge in [-0.25, -0.2) is 4.98 Å². The van der Waals surface area contributed by atoms with Crippen LogP contribution in [-0.4, -0.2) is 10.2 Å². The lowest BCUT2D eigenvalue weighted by Gasteiger charge is -1.96. The van der Waals surface area contributed by atoms with Crippen molar-refractivity contribution in [1.29, 1.82) is 0 Å². The predicted molar refractivity (Wildman–Crippen MR) is 45.9 cm³/mol.